The van der Waals surface area contributed by atoms with Crippen LogP contribution in [0.1, 0.15) is 56.2 Å². The van der Waals surface area contributed by atoms with E-state index in [0.29, 0.717) is 5.82 Å². The van der Waals surface area contributed by atoms with E-state index in [1.807, 2.05) is 0 Å². The number of carboxylic acid groups (broad SMARTS) is 1. The molecule has 3 rings (SSSR count). The molecule has 2 fully saturated rings. The molecule has 1 N–H and O–H groups in total. The standard InChI is InChI=1S/C16H20F3N3O4/c17-16(18,19)15(14(24)25)7-8-22(9-15)12(23)6-5-11-20-13(21-26-11)10-3-1-2-4-10/h10H,1-9H2,(H,24,25). The molecule has 1 unspecified atom stereocenters. The van der Waals surface area contributed by atoms with Crippen molar-refractivity contribution in [3.63, 3.8) is 0 Å². The van der Waals surface area contributed by atoms with Crippen molar-refractivity contribution in [2.45, 2.75) is 57.0 Å². The van der Waals surface area contributed by atoms with E-state index in [2.05, 4.69) is 10.1 Å². The molecule has 144 valence electrons. The fourth-order valence-corrected chi connectivity index (χ4v) is 3.64. The molecule has 0 aromatic carbocycles. The van der Waals surface area contributed by atoms with Crippen LogP contribution in [-0.2, 0) is 16.0 Å². The predicted octanol–water partition coefficient (Wildman–Crippen LogP) is 2.53. The van der Waals surface area contributed by atoms with Gasteiger partial charge in [0.25, 0.3) is 0 Å². The van der Waals surface area contributed by atoms with Crippen molar-refractivity contribution >= 4 is 11.9 Å². The molecule has 0 radical (unpaired) electrons. The van der Waals surface area contributed by atoms with E-state index < -0.39 is 36.4 Å². The van der Waals surface area contributed by atoms with Crippen LogP contribution in [0.25, 0.3) is 0 Å². The molecule has 1 saturated carbocycles. The number of aliphatic carboxylic acids is 1. The Kier molecular flexibility index (Phi) is 4.94. The van der Waals surface area contributed by atoms with Crippen molar-refractivity contribution in [2.75, 3.05) is 13.1 Å². The number of aromatic nitrogens is 2. The zero-order valence-corrected chi connectivity index (χ0v) is 14.1. The van der Waals surface area contributed by atoms with Crippen LogP contribution >= 0.6 is 0 Å². The van der Waals surface area contributed by atoms with E-state index in [1.54, 1.807) is 0 Å². The number of hydrogen-bond donors (Lipinski definition) is 1. The molecule has 10 heteroatoms. The van der Waals surface area contributed by atoms with Gasteiger partial charge < -0.3 is 14.5 Å². The third-order valence-corrected chi connectivity index (χ3v) is 5.33. The van der Waals surface area contributed by atoms with E-state index in [-0.39, 0.29) is 31.2 Å². The van der Waals surface area contributed by atoms with Gasteiger partial charge in [0, 0.05) is 31.8 Å². The Hall–Kier alpha value is -2.13. The van der Waals surface area contributed by atoms with Crippen molar-refractivity contribution in [2.24, 2.45) is 5.41 Å². The summed E-state index contributed by atoms with van der Waals surface area (Å²) in [7, 11) is 0. The smallest absolute Gasteiger partial charge is 0.406 e. The molecular weight excluding hydrogens is 355 g/mol. The molecule has 1 aromatic heterocycles. The number of carbonyl (C=O) groups excluding carboxylic acids is 1. The molecule has 2 aliphatic rings. The number of nitrogens with zero attached hydrogens (tertiary/aromatic N) is 3. The Bertz CT molecular complexity index is 685. The molecule has 1 saturated heterocycles. The first kappa shape index (κ1) is 18.7. The van der Waals surface area contributed by atoms with Crippen LogP contribution < -0.4 is 0 Å². The Labute approximate surface area is 147 Å². The normalized spacial score (nSPS) is 24.3. The largest absolute Gasteiger partial charge is 0.481 e. The monoisotopic (exact) mass is 375 g/mol. The minimum absolute atomic E-state index is 0.0974. The molecule has 26 heavy (non-hydrogen) atoms. The summed E-state index contributed by atoms with van der Waals surface area (Å²) in [4.78, 5) is 28.6. The van der Waals surface area contributed by atoms with Gasteiger partial charge >= 0.3 is 12.1 Å². The van der Waals surface area contributed by atoms with Gasteiger partial charge in [-0.3, -0.25) is 9.59 Å². The van der Waals surface area contributed by atoms with E-state index in [0.717, 1.165) is 30.6 Å². The SMILES string of the molecule is O=C(CCc1nc(C2CCCC2)no1)N1CCC(C(=O)O)(C(F)(F)F)C1. The van der Waals surface area contributed by atoms with Gasteiger partial charge in [0.05, 0.1) is 0 Å². The second kappa shape index (κ2) is 6.88. The highest BCUT2D eigenvalue weighted by atomic mass is 19.4. The number of hydrogen-bond acceptors (Lipinski definition) is 5. The molecule has 1 aliphatic carbocycles. The molecule has 1 atom stereocenters. The minimum Gasteiger partial charge on any atom is -0.481 e. The van der Waals surface area contributed by atoms with E-state index in [9.17, 15) is 22.8 Å². The van der Waals surface area contributed by atoms with Gasteiger partial charge in [-0.1, -0.05) is 18.0 Å². The maximum Gasteiger partial charge on any atom is 0.406 e. The first-order chi connectivity index (χ1) is 12.2. The molecule has 1 aromatic rings. The van der Waals surface area contributed by atoms with Crippen molar-refractivity contribution in [1.82, 2.24) is 15.0 Å². The number of carbonyl (C=O) groups is 2. The van der Waals surface area contributed by atoms with Gasteiger partial charge in [0.2, 0.25) is 11.8 Å². The van der Waals surface area contributed by atoms with Crippen LogP contribution in [0.3, 0.4) is 0 Å². The second-order valence-electron chi connectivity index (χ2n) is 6.98. The third-order valence-electron chi connectivity index (χ3n) is 5.33. The first-order valence-electron chi connectivity index (χ1n) is 8.63. The molecular formula is C16H20F3N3O4. The van der Waals surface area contributed by atoms with Crippen LogP contribution in [-0.4, -0.2) is 51.3 Å². The number of alkyl halides is 3. The molecule has 7 nitrogen and oxygen atoms in total. The lowest BCUT2D eigenvalue weighted by Crippen LogP contribution is -2.47. The lowest BCUT2D eigenvalue weighted by molar-refractivity contribution is -0.227. The van der Waals surface area contributed by atoms with Crippen LogP contribution in [0.4, 0.5) is 13.2 Å². The van der Waals surface area contributed by atoms with Crippen LogP contribution in [0.15, 0.2) is 4.52 Å². The van der Waals surface area contributed by atoms with E-state index in [1.165, 1.54) is 0 Å². The van der Waals surface area contributed by atoms with E-state index in [4.69, 9.17) is 9.63 Å². The summed E-state index contributed by atoms with van der Waals surface area (Å²) in [6.45, 7) is -1.09. The zero-order chi connectivity index (χ0) is 18.9. The highest BCUT2D eigenvalue weighted by molar-refractivity contribution is 5.81. The summed E-state index contributed by atoms with van der Waals surface area (Å²) in [5.41, 5.74) is -2.89. The second-order valence-corrected chi connectivity index (χ2v) is 6.98. The summed E-state index contributed by atoms with van der Waals surface area (Å²) in [5, 5.41) is 12.9. The quantitative estimate of drug-likeness (QED) is 0.850. The summed E-state index contributed by atoms with van der Waals surface area (Å²) in [5.74, 6) is -1.32. The van der Waals surface area contributed by atoms with Gasteiger partial charge in [0.15, 0.2) is 11.2 Å². The number of rotatable bonds is 5. The molecule has 1 aliphatic heterocycles. The Balaban J connectivity index is 1.57. The van der Waals surface area contributed by atoms with Crippen molar-refractivity contribution < 1.29 is 32.4 Å². The number of amides is 1. The lowest BCUT2D eigenvalue weighted by atomic mass is 9.86. The summed E-state index contributed by atoms with van der Waals surface area (Å²) < 4.78 is 44.6. The first-order valence-corrected chi connectivity index (χ1v) is 8.63. The van der Waals surface area contributed by atoms with Crippen LogP contribution in [0.2, 0.25) is 0 Å². The summed E-state index contributed by atoms with van der Waals surface area (Å²) in [6.07, 6.45) is -1.28. The topological polar surface area (TPSA) is 96.5 Å². The van der Waals surface area contributed by atoms with Crippen molar-refractivity contribution in [1.29, 1.82) is 0 Å². The molecule has 1 amide bonds. The van der Waals surface area contributed by atoms with Crippen molar-refractivity contribution in [3.8, 4) is 0 Å². The van der Waals surface area contributed by atoms with Gasteiger partial charge in [0.1, 0.15) is 0 Å². The maximum absolute atomic E-state index is 13.2. The van der Waals surface area contributed by atoms with Gasteiger partial charge in [-0.2, -0.15) is 18.2 Å². The minimum atomic E-state index is -4.91. The summed E-state index contributed by atoms with van der Waals surface area (Å²) in [6, 6.07) is 0. The highest BCUT2D eigenvalue weighted by Crippen LogP contribution is 2.45. The van der Waals surface area contributed by atoms with Gasteiger partial charge in [-0.05, 0) is 19.3 Å². The fraction of sp³-hybridized carbons (Fsp3) is 0.750. The zero-order valence-electron chi connectivity index (χ0n) is 14.1. The average Bonchev–Trinajstić information content (AvgIpc) is 3.30. The number of likely N-dealkylation sites (tertiary alicyclic amines) is 1. The number of halogens is 3. The molecule has 0 spiro atoms. The Morgan fingerprint density at radius 2 is 2.00 bits per heavy atom. The van der Waals surface area contributed by atoms with Crippen LogP contribution in [0, 0.1) is 5.41 Å². The molecule has 0 bridgehead atoms. The van der Waals surface area contributed by atoms with Crippen molar-refractivity contribution in [3.05, 3.63) is 11.7 Å². The fourth-order valence-electron chi connectivity index (χ4n) is 3.64. The van der Waals surface area contributed by atoms with Gasteiger partial charge in [-0.15, -0.1) is 0 Å². The number of aryl methyl sites for hydroxylation is 1. The third kappa shape index (κ3) is 3.41. The average molecular weight is 375 g/mol. The summed E-state index contributed by atoms with van der Waals surface area (Å²) >= 11 is 0. The van der Waals surface area contributed by atoms with Crippen LogP contribution in [0.5, 0.6) is 0 Å². The Morgan fingerprint density at radius 3 is 2.58 bits per heavy atom. The lowest BCUT2D eigenvalue weighted by Gasteiger charge is -2.27. The highest BCUT2D eigenvalue weighted by Gasteiger charge is 2.64. The number of carboxylic acids is 1. The Morgan fingerprint density at radius 1 is 1.31 bits per heavy atom. The van der Waals surface area contributed by atoms with Gasteiger partial charge in [-0.25, -0.2) is 0 Å². The maximum atomic E-state index is 13.2. The molecule has 2 heterocycles. The predicted molar refractivity (Wildman–Crippen MR) is 81.1 cm³/mol. The van der Waals surface area contributed by atoms with E-state index >= 15 is 0 Å².